The largest absolute Gasteiger partial charge is 0.494 e. The Morgan fingerprint density at radius 3 is 2.67 bits per heavy atom. The molecule has 2 unspecified atom stereocenters. The van der Waals surface area contributed by atoms with Crippen LogP contribution in [0.2, 0.25) is 0 Å². The number of aryl methyl sites for hydroxylation is 1. The summed E-state index contributed by atoms with van der Waals surface area (Å²) in [5.41, 5.74) is 6.78. The van der Waals surface area contributed by atoms with Gasteiger partial charge in [-0.25, -0.2) is 8.42 Å². The van der Waals surface area contributed by atoms with Crippen LogP contribution >= 0.6 is 0 Å². The first-order valence-electron chi connectivity index (χ1n) is 7.33. The maximum Gasteiger partial charge on any atom is 0.243 e. The van der Waals surface area contributed by atoms with Gasteiger partial charge in [-0.1, -0.05) is 6.92 Å². The number of sulfonamides is 1. The van der Waals surface area contributed by atoms with E-state index in [0.29, 0.717) is 24.6 Å². The lowest BCUT2D eigenvalue weighted by molar-refractivity contribution is 0.254. The van der Waals surface area contributed by atoms with Gasteiger partial charge in [0.25, 0.3) is 0 Å². The molecule has 0 bridgehead atoms. The molecule has 0 aromatic heterocycles. The topological polar surface area (TPSA) is 72.6 Å². The molecule has 2 atom stereocenters. The Bertz CT molecular complexity index is 591. The zero-order chi connectivity index (χ0) is 15.6. The van der Waals surface area contributed by atoms with E-state index in [1.807, 2.05) is 20.8 Å². The van der Waals surface area contributed by atoms with Crippen molar-refractivity contribution in [1.82, 2.24) is 4.31 Å². The molecule has 2 N–H and O–H groups in total. The van der Waals surface area contributed by atoms with Crippen LogP contribution in [0.25, 0.3) is 0 Å². The Morgan fingerprint density at radius 2 is 2.10 bits per heavy atom. The van der Waals surface area contributed by atoms with Crippen molar-refractivity contribution in [2.75, 3.05) is 19.7 Å². The van der Waals surface area contributed by atoms with Crippen LogP contribution < -0.4 is 10.5 Å². The quantitative estimate of drug-likeness (QED) is 0.919. The predicted molar refractivity (Wildman–Crippen MR) is 82.9 cm³/mol. The molecular weight excluding hydrogens is 288 g/mol. The van der Waals surface area contributed by atoms with E-state index < -0.39 is 10.0 Å². The van der Waals surface area contributed by atoms with E-state index in [4.69, 9.17) is 10.5 Å². The smallest absolute Gasteiger partial charge is 0.243 e. The number of nitrogens with two attached hydrogens (primary N) is 1. The van der Waals surface area contributed by atoms with Gasteiger partial charge in [0.15, 0.2) is 0 Å². The van der Waals surface area contributed by atoms with Crippen LogP contribution in [0.1, 0.15) is 25.8 Å². The summed E-state index contributed by atoms with van der Waals surface area (Å²) in [6.07, 6.45) is 0.869. The van der Waals surface area contributed by atoms with Crippen molar-refractivity contribution in [3.8, 4) is 5.75 Å². The van der Waals surface area contributed by atoms with Crippen molar-refractivity contribution in [1.29, 1.82) is 0 Å². The van der Waals surface area contributed by atoms with Gasteiger partial charge in [-0.15, -0.1) is 0 Å². The maximum atomic E-state index is 12.7. The number of hydrogen-bond acceptors (Lipinski definition) is 4. The van der Waals surface area contributed by atoms with Gasteiger partial charge in [0.05, 0.1) is 11.5 Å². The first kappa shape index (κ1) is 16.3. The van der Waals surface area contributed by atoms with Crippen molar-refractivity contribution in [2.45, 2.75) is 38.1 Å². The lowest BCUT2D eigenvalue weighted by Crippen LogP contribution is -2.48. The first-order valence-corrected chi connectivity index (χ1v) is 8.77. The van der Waals surface area contributed by atoms with E-state index in [2.05, 4.69) is 0 Å². The van der Waals surface area contributed by atoms with Gasteiger partial charge in [0, 0.05) is 19.1 Å². The van der Waals surface area contributed by atoms with Crippen molar-refractivity contribution < 1.29 is 13.2 Å². The lowest BCUT2D eigenvalue weighted by Gasteiger charge is -2.33. The van der Waals surface area contributed by atoms with Crippen LogP contribution in [-0.2, 0) is 10.0 Å². The minimum absolute atomic E-state index is 0.0904. The van der Waals surface area contributed by atoms with Gasteiger partial charge >= 0.3 is 0 Å². The molecule has 0 amide bonds. The summed E-state index contributed by atoms with van der Waals surface area (Å²) in [5.74, 6) is 1.01. The fourth-order valence-electron chi connectivity index (χ4n) is 2.79. The number of nitrogens with zero attached hydrogens (tertiary/aromatic N) is 1. The highest BCUT2D eigenvalue weighted by molar-refractivity contribution is 7.89. The molecule has 5 nitrogen and oxygen atoms in total. The average molecular weight is 312 g/mol. The zero-order valence-corrected chi connectivity index (χ0v) is 13.7. The van der Waals surface area contributed by atoms with Crippen LogP contribution in [-0.4, -0.2) is 38.5 Å². The molecule has 0 aliphatic carbocycles. The van der Waals surface area contributed by atoms with E-state index >= 15 is 0 Å². The summed E-state index contributed by atoms with van der Waals surface area (Å²) < 4.78 is 32.4. The van der Waals surface area contributed by atoms with E-state index in [-0.39, 0.29) is 12.0 Å². The van der Waals surface area contributed by atoms with Crippen LogP contribution in [0.5, 0.6) is 5.75 Å². The summed E-state index contributed by atoms with van der Waals surface area (Å²) in [6, 6.07) is 4.91. The summed E-state index contributed by atoms with van der Waals surface area (Å²) in [4.78, 5) is 0.310. The molecule has 1 saturated heterocycles. The van der Waals surface area contributed by atoms with Gasteiger partial charge in [-0.2, -0.15) is 4.31 Å². The highest BCUT2D eigenvalue weighted by Gasteiger charge is 2.32. The highest BCUT2D eigenvalue weighted by atomic mass is 32.2. The third-order valence-corrected chi connectivity index (χ3v) is 5.57. The minimum atomic E-state index is -3.48. The standard InChI is InChI=1S/C15H24N2O3S/c1-4-20-15-6-5-14(8-12(15)3)21(18,19)17-9-11(2)7-13(16)10-17/h5-6,8,11,13H,4,7,9-10,16H2,1-3H3. The molecule has 1 aliphatic rings. The summed E-state index contributed by atoms with van der Waals surface area (Å²) in [7, 11) is -3.48. The highest BCUT2D eigenvalue weighted by Crippen LogP contribution is 2.26. The van der Waals surface area contributed by atoms with Crippen LogP contribution in [0.3, 0.4) is 0 Å². The Morgan fingerprint density at radius 1 is 1.38 bits per heavy atom. The molecule has 1 aliphatic heterocycles. The molecule has 1 heterocycles. The normalized spacial score (nSPS) is 24.0. The molecule has 0 spiro atoms. The summed E-state index contributed by atoms with van der Waals surface area (Å²) >= 11 is 0. The van der Waals surface area contributed by atoms with Gasteiger partial charge < -0.3 is 10.5 Å². The van der Waals surface area contributed by atoms with Crippen molar-refractivity contribution in [3.63, 3.8) is 0 Å². The van der Waals surface area contributed by atoms with Gasteiger partial charge in [-0.05, 0) is 49.9 Å². The number of piperidine rings is 1. The van der Waals surface area contributed by atoms with Crippen molar-refractivity contribution >= 4 is 10.0 Å². The fraction of sp³-hybridized carbons (Fsp3) is 0.600. The zero-order valence-electron chi connectivity index (χ0n) is 12.9. The number of rotatable bonds is 4. The second-order valence-corrected chi connectivity index (χ2v) is 7.72. The maximum absolute atomic E-state index is 12.7. The first-order chi connectivity index (χ1) is 9.84. The minimum Gasteiger partial charge on any atom is -0.494 e. The Balaban J connectivity index is 2.29. The summed E-state index contributed by atoms with van der Waals surface area (Å²) in [6.45, 7) is 7.27. The molecule has 1 fully saturated rings. The molecule has 6 heteroatoms. The molecule has 0 saturated carbocycles. The fourth-order valence-corrected chi connectivity index (χ4v) is 4.50. The van der Waals surface area contributed by atoms with E-state index in [0.717, 1.165) is 17.7 Å². The molecule has 118 valence electrons. The van der Waals surface area contributed by atoms with Crippen molar-refractivity contribution in [3.05, 3.63) is 23.8 Å². The molecular formula is C15H24N2O3S. The monoisotopic (exact) mass is 312 g/mol. The molecule has 1 aromatic carbocycles. The number of ether oxygens (including phenoxy) is 1. The third-order valence-electron chi connectivity index (χ3n) is 3.74. The van der Waals surface area contributed by atoms with E-state index in [1.165, 1.54) is 4.31 Å². The van der Waals surface area contributed by atoms with Crippen LogP contribution in [0.15, 0.2) is 23.1 Å². The van der Waals surface area contributed by atoms with Crippen molar-refractivity contribution in [2.24, 2.45) is 11.7 Å². The number of benzene rings is 1. The molecule has 21 heavy (non-hydrogen) atoms. The Kier molecular flexibility index (Phi) is 4.91. The molecule has 0 radical (unpaired) electrons. The lowest BCUT2D eigenvalue weighted by atomic mass is 9.99. The van der Waals surface area contributed by atoms with E-state index in [1.54, 1.807) is 18.2 Å². The van der Waals surface area contributed by atoms with Gasteiger partial charge in [0.1, 0.15) is 5.75 Å². The van der Waals surface area contributed by atoms with Crippen LogP contribution in [0, 0.1) is 12.8 Å². The second-order valence-electron chi connectivity index (χ2n) is 5.78. The average Bonchev–Trinajstić information content (AvgIpc) is 2.40. The predicted octanol–water partition coefficient (Wildman–Crippen LogP) is 1.75. The SMILES string of the molecule is CCOc1ccc(S(=O)(=O)N2CC(C)CC(N)C2)cc1C. The van der Waals surface area contributed by atoms with Crippen LogP contribution in [0.4, 0.5) is 0 Å². The Hall–Kier alpha value is -1.11. The van der Waals surface area contributed by atoms with Gasteiger partial charge in [0.2, 0.25) is 10.0 Å². The molecule has 1 aromatic rings. The summed E-state index contributed by atoms with van der Waals surface area (Å²) in [5, 5.41) is 0. The Labute approximate surface area is 127 Å². The van der Waals surface area contributed by atoms with E-state index in [9.17, 15) is 8.42 Å². The molecule has 2 rings (SSSR count). The van der Waals surface area contributed by atoms with Gasteiger partial charge in [-0.3, -0.25) is 0 Å². The number of hydrogen-bond donors (Lipinski definition) is 1. The second kappa shape index (κ2) is 6.34. The third kappa shape index (κ3) is 3.56.